The van der Waals surface area contributed by atoms with E-state index in [4.69, 9.17) is 17.3 Å². The summed E-state index contributed by atoms with van der Waals surface area (Å²) in [6.45, 7) is 0.415. The monoisotopic (exact) mass is 268 g/mol. The fourth-order valence-corrected chi connectivity index (χ4v) is 1.56. The summed E-state index contributed by atoms with van der Waals surface area (Å²) < 4.78 is 4.60. The lowest BCUT2D eigenvalue weighted by Gasteiger charge is -2.10. The lowest BCUT2D eigenvalue weighted by Crippen LogP contribution is -2.30. The SMILES string of the molecule is COC(=O)Cc1cccc(NC(=S)NCCO)c1. The molecule has 0 aromatic heterocycles. The van der Waals surface area contributed by atoms with Crippen molar-refractivity contribution < 1.29 is 14.6 Å². The molecule has 0 aliphatic carbocycles. The van der Waals surface area contributed by atoms with E-state index in [-0.39, 0.29) is 19.0 Å². The van der Waals surface area contributed by atoms with E-state index in [1.165, 1.54) is 7.11 Å². The highest BCUT2D eigenvalue weighted by Crippen LogP contribution is 2.11. The summed E-state index contributed by atoms with van der Waals surface area (Å²) in [4.78, 5) is 11.1. The molecule has 0 unspecified atom stereocenters. The van der Waals surface area contributed by atoms with Crippen molar-refractivity contribution in [1.29, 1.82) is 0 Å². The van der Waals surface area contributed by atoms with Crippen molar-refractivity contribution in [1.82, 2.24) is 5.32 Å². The van der Waals surface area contributed by atoms with E-state index >= 15 is 0 Å². The Bertz CT molecular complexity index is 424. The molecule has 0 saturated heterocycles. The first-order chi connectivity index (χ1) is 8.65. The lowest BCUT2D eigenvalue weighted by atomic mass is 10.1. The van der Waals surface area contributed by atoms with E-state index in [2.05, 4.69) is 15.4 Å². The molecular formula is C12H16N2O3S. The van der Waals surface area contributed by atoms with Gasteiger partial charge < -0.3 is 20.5 Å². The van der Waals surface area contributed by atoms with Gasteiger partial charge in [-0.25, -0.2) is 0 Å². The zero-order valence-corrected chi connectivity index (χ0v) is 10.9. The number of thiocarbonyl (C=S) groups is 1. The largest absolute Gasteiger partial charge is 0.469 e. The number of rotatable bonds is 5. The van der Waals surface area contributed by atoms with Crippen LogP contribution in [0.1, 0.15) is 5.56 Å². The number of aliphatic hydroxyl groups is 1. The fourth-order valence-electron chi connectivity index (χ4n) is 1.34. The zero-order chi connectivity index (χ0) is 13.4. The molecule has 1 aromatic carbocycles. The van der Waals surface area contributed by atoms with Gasteiger partial charge in [0, 0.05) is 12.2 Å². The Hall–Kier alpha value is -1.66. The van der Waals surface area contributed by atoms with Crippen LogP contribution in [-0.2, 0) is 16.0 Å². The highest BCUT2D eigenvalue weighted by molar-refractivity contribution is 7.80. The molecule has 1 aromatic rings. The maximum atomic E-state index is 11.1. The molecule has 18 heavy (non-hydrogen) atoms. The van der Waals surface area contributed by atoms with E-state index in [1.807, 2.05) is 24.3 Å². The number of carbonyl (C=O) groups is 1. The third kappa shape index (κ3) is 5.11. The zero-order valence-electron chi connectivity index (χ0n) is 10.1. The van der Waals surface area contributed by atoms with Crippen LogP contribution in [0.2, 0.25) is 0 Å². The second kappa shape index (κ2) is 7.62. The Morgan fingerprint density at radius 2 is 2.28 bits per heavy atom. The van der Waals surface area contributed by atoms with Crippen molar-refractivity contribution in [2.75, 3.05) is 25.6 Å². The molecule has 0 amide bonds. The summed E-state index contributed by atoms with van der Waals surface area (Å²) in [6.07, 6.45) is 0.225. The normalized spacial score (nSPS) is 9.67. The Kier molecular flexibility index (Phi) is 6.10. The minimum Gasteiger partial charge on any atom is -0.469 e. The molecule has 6 heteroatoms. The number of anilines is 1. The Labute approximate surface area is 111 Å². The van der Waals surface area contributed by atoms with E-state index in [1.54, 1.807) is 0 Å². The van der Waals surface area contributed by atoms with E-state index in [9.17, 15) is 4.79 Å². The van der Waals surface area contributed by atoms with Crippen LogP contribution in [-0.4, -0.2) is 36.4 Å². The molecular weight excluding hydrogens is 252 g/mol. The number of hydrogen-bond donors (Lipinski definition) is 3. The Morgan fingerprint density at radius 1 is 1.50 bits per heavy atom. The summed E-state index contributed by atoms with van der Waals surface area (Å²) in [5, 5.41) is 14.9. The summed E-state index contributed by atoms with van der Waals surface area (Å²) in [6, 6.07) is 7.33. The van der Waals surface area contributed by atoms with Crippen LogP contribution in [0.25, 0.3) is 0 Å². The Morgan fingerprint density at radius 3 is 2.94 bits per heavy atom. The number of aliphatic hydroxyl groups excluding tert-OH is 1. The van der Waals surface area contributed by atoms with E-state index in [0.717, 1.165) is 11.3 Å². The topological polar surface area (TPSA) is 70.6 Å². The standard InChI is InChI=1S/C12H16N2O3S/c1-17-11(16)8-9-3-2-4-10(7-9)14-12(18)13-5-6-15/h2-4,7,15H,5-6,8H2,1H3,(H2,13,14,18). The molecule has 0 aliphatic heterocycles. The van der Waals surface area contributed by atoms with Gasteiger partial charge in [-0.2, -0.15) is 0 Å². The van der Waals surface area contributed by atoms with E-state index in [0.29, 0.717) is 11.7 Å². The van der Waals surface area contributed by atoms with Crippen LogP contribution < -0.4 is 10.6 Å². The van der Waals surface area contributed by atoms with Gasteiger partial charge in [0.05, 0.1) is 20.1 Å². The van der Waals surface area contributed by atoms with Gasteiger partial charge >= 0.3 is 5.97 Å². The number of benzene rings is 1. The predicted octanol–water partition coefficient (Wildman–Crippen LogP) is 0.681. The summed E-state index contributed by atoms with van der Waals surface area (Å²) in [7, 11) is 1.36. The molecule has 0 heterocycles. The second-order valence-electron chi connectivity index (χ2n) is 3.56. The molecule has 0 atom stereocenters. The van der Waals surface area contributed by atoms with Gasteiger partial charge in [-0.05, 0) is 29.9 Å². The van der Waals surface area contributed by atoms with Crippen molar-refractivity contribution >= 4 is 29.0 Å². The van der Waals surface area contributed by atoms with Gasteiger partial charge in [0.15, 0.2) is 5.11 Å². The Balaban J connectivity index is 2.59. The molecule has 3 N–H and O–H groups in total. The molecule has 0 bridgehead atoms. The minimum absolute atomic E-state index is 0.0181. The highest BCUT2D eigenvalue weighted by atomic mass is 32.1. The fraction of sp³-hybridized carbons (Fsp3) is 0.333. The minimum atomic E-state index is -0.284. The van der Waals surface area contributed by atoms with Crippen LogP contribution in [0.5, 0.6) is 0 Å². The van der Waals surface area contributed by atoms with Crippen LogP contribution in [0.3, 0.4) is 0 Å². The van der Waals surface area contributed by atoms with Crippen LogP contribution >= 0.6 is 12.2 Å². The van der Waals surface area contributed by atoms with Crippen molar-refractivity contribution in [3.8, 4) is 0 Å². The second-order valence-corrected chi connectivity index (χ2v) is 3.97. The lowest BCUT2D eigenvalue weighted by molar-refractivity contribution is -0.139. The maximum Gasteiger partial charge on any atom is 0.309 e. The molecule has 0 radical (unpaired) electrons. The van der Waals surface area contributed by atoms with Crippen LogP contribution in [0, 0.1) is 0 Å². The van der Waals surface area contributed by atoms with Gasteiger partial charge in [-0.1, -0.05) is 12.1 Å². The van der Waals surface area contributed by atoms with Crippen molar-refractivity contribution in [2.24, 2.45) is 0 Å². The smallest absolute Gasteiger partial charge is 0.309 e. The van der Waals surface area contributed by atoms with Crippen LogP contribution in [0.4, 0.5) is 5.69 Å². The molecule has 0 saturated carbocycles. The number of hydrogen-bond acceptors (Lipinski definition) is 4. The number of ether oxygens (including phenoxy) is 1. The van der Waals surface area contributed by atoms with Gasteiger partial charge in [-0.3, -0.25) is 4.79 Å². The number of methoxy groups -OCH3 is 1. The highest BCUT2D eigenvalue weighted by Gasteiger charge is 2.04. The quantitative estimate of drug-likeness (QED) is 0.539. The first-order valence-corrected chi connectivity index (χ1v) is 5.88. The van der Waals surface area contributed by atoms with Crippen LogP contribution in [0.15, 0.2) is 24.3 Å². The first-order valence-electron chi connectivity index (χ1n) is 5.47. The number of esters is 1. The van der Waals surface area contributed by atoms with Gasteiger partial charge in [0.2, 0.25) is 0 Å². The molecule has 1 rings (SSSR count). The van der Waals surface area contributed by atoms with Crippen molar-refractivity contribution in [3.05, 3.63) is 29.8 Å². The van der Waals surface area contributed by atoms with Gasteiger partial charge in [0.25, 0.3) is 0 Å². The van der Waals surface area contributed by atoms with Gasteiger partial charge in [-0.15, -0.1) is 0 Å². The number of carbonyl (C=O) groups excluding carboxylic acids is 1. The molecule has 5 nitrogen and oxygen atoms in total. The summed E-state index contributed by atoms with van der Waals surface area (Å²) in [5.74, 6) is -0.284. The summed E-state index contributed by atoms with van der Waals surface area (Å²) >= 11 is 5.03. The van der Waals surface area contributed by atoms with Crippen molar-refractivity contribution in [3.63, 3.8) is 0 Å². The molecule has 0 fully saturated rings. The third-order valence-corrected chi connectivity index (χ3v) is 2.40. The van der Waals surface area contributed by atoms with Gasteiger partial charge in [0.1, 0.15) is 0 Å². The van der Waals surface area contributed by atoms with E-state index < -0.39 is 0 Å². The molecule has 0 spiro atoms. The average molecular weight is 268 g/mol. The predicted molar refractivity (Wildman–Crippen MR) is 73.5 cm³/mol. The maximum absolute atomic E-state index is 11.1. The summed E-state index contributed by atoms with van der Waals surface area (Å²) in [5.41, 5.74) is 1.63. The number of nitrogens with one attached hydrogen (secondary N) is 2. The molecule has 0 aliphatic rings. The van der Waals surface area contributed by atoms with Crippen molar-refractivity contribution in [2.45, 2.75) is 6.42 Å². The first kappa shape index (κ1) is 14.4. The average Bonchev–Trinajstić information content (AvgIpc) is 2.36. The molecule has 98 valence electrons. The third-order valence-electron chi connectivity index (χ3n) is 2.16.